The Balaban J connectivity index is 2.64. The van der Waals surface area contributed by atoms with Gasteiger partial charge in [0.2, 0.25) is 0 Å². The van der Waals surface area contributed by atoms with Crippen LogP contribution < -0.4 is 4.98 Å². The highest BCUT2D eigenvalue weighted by Crippen LogP contribution is 2.13. The van der Waals surface area contributed by atoms with Crippen molar-refractivity contribution in [2.45, 2.75) is 32.6 Å². The van der Waals surface area contributed by atoms with E-state index in [1.807, 2.05) is 0 Å². The van der Waals surface area contributed by atoms with Gasteiger partial charge in [-0.15, -0.1) is 0 Å². The van der Waals surface area contributed by atoms with Crippen LogP contribution in [0.5, 0.6) is 0 Å². The maximum Gasteiger partial charge on any atom is 0.116 e. The Morgan fingerprint density at radius 2 is 1.62 bits per heavy atom. The lowest BCUT2D eigenvalue weighted by atomic mass is 10.1. The van der Waals surface area contributed by atoms with Crippen molar-refractivity contribution in [1.29, 1.82) is 0 Å². The monoisotopic (exact) mass is 193 g/mol. The Hall–Kier alpha value is -0.603. The van der Waals surface area contributed by atoms with Crippen molar-refractivity contribution >= 4 is 8.24 Å². The molecule has 0 saturated carbocycles. The fraction of sp³-hybridized carbons (Fsp3) is 0.455. The molecule has 0 spiro atoms. The molecular weight excluding hydrogens is 174 g/mol. The molecule has 1 atom stereocenters. The van der Waals surface area contributed by atoms with Gasteiger partial charge in [-0.05, 0) is 12.5 Å². The van der Waals surface area contributed by atoms with Crippen molar-refractivity contribution in [3.05, 3.63) is 35.9 Å². The third-order valence-corrected chi connectivity index (χ3v) is 3.25. The van der Waals surface area contributed by atoms with Gasteiger partial charge in [-0.3, -0.25) is 0 Å². The third-order valence-electron chi connectivity index (χ3n) is 1.95. The maximum atomic E-state index is 3.67. The van der Waals surface area contributed by atoms with Crippen molar-refractivity contribution < 1.29 is 0 Å². The van der Waals surface area contributed by atoms with Crippen molar-refractivity contribution in [2.24, 2.45) is 0 Å². The molecule has 0 aromatic heterocycles. The van der Waals surface area contributed by atoms with E-state index >= 15 is 0 Å². The molecule has 1 aromatic carbocycles. The number of benzene rings is 1. The highest BCUT2D eigenvalue weighted by Gasteiger charge is 2.16. The van der Waals surface area contributed by atoms with E-state index < -0.39 is 8.24 Å². The topological polar surface area (TPSA) is 12.0 Å². The van der Waals surface area contributed by atoms with Crippen LogP contribution in [0.1, 0.15) is 18.5 Å². The normalized spacial score (nSPS) is 14.2. The zero-order valence-corrected chi connectivity index (χ0v) is 9.96. The van der Waals surface area contributed by atoms with Crippen LogP contribution in [0.3, 0.4) is 0 Å². The zero-order valence-electron chi connectivity index (χ0n) is 8.96. The van der Waals surface area contributed by atoms with E-state index in [9.17, 15) is 0 Å². The molecule has 1 rings (SSSR count). The summed E-state index contributed by atoms with van der Waals surface area (Å²) in [4.78, 5) is 3.67. The SMILES string of the molecule is C[C@H](N[Si](C)(C)C)c1ccccc1. The molecule has 0 saturated heterocycles. The Labute approximate surface area is 82.3 Å². The first-order valence-corrected chi connectivity index (χ1v) is 8.32. The van der Waals surface area contributed by atoms with Crippen LogP contribution in [-0.2, 0) is 0 Å². The quantitative estimate of drug-likeness (QED) is 0.727. The fourth-order valence-corrected chi connectivity index (χ4v) is 2.94. The van der Waals surface area contributed by atoms with Gasteiger partial charge in [-0.25, -0.2) is 0 Å². The van der Waals surface area contributed by atoms with Crippen LogP contribution in [0.25, 0.3) is 0 Å². The second-order valence-corrected chi connectivity index (χ2v) is 9.32. The Morgan fingerprint density at radius 1 is 1.08 bits per heavy atom. The van der Waals surface area contributed by atoms with Crippen molar-refractivity contribution in [1.82, 2.24) is 4.98 Å². The van der Waals surface area contributed by atoms with Crippen LogP contribution in [-0.4, -0.2) is 8.24 Å². The molecule has 1 aromatic rings. The molecule has 0 radical (unpaired) electrons. The van der Waals surface area contributed by atoms with Gasteiger partial charge < -0.3 is 4.98 Å². The van der Waals surface area contributed by atoms with E-state index in [0.29, 0.717) is 6.04 Å². The minimum atomic E-state index is -1.15. The molecule has 13 heavy (non-hydrogen) atoms. The van der Waals surface area contributed by atoms with Gasteiger partial charge in [0.05, 0.1) is 0 Å². The Morgan fingerprint density at radius 3 is 2.08 bits per heavy atom. The predicted molar refractivity (Wildman–Crippen MR) is 61.3 cm³/mol. The minimum absolute atomic E-state index is 0.480. The van der Waals surface area contributed by atoms with E-state index in [1.165, 1.54) is 5.56 Å². The summed E-state index contributed by atoms with van der Waals surface area (Å²) in [5.74, 6) is 0. The summed E-state index contributed by atoms with van der Waals surface area (Å²) in [6.45, 7) is 9.21. The minimum Gasteiger partial charge on any atom is -0.331 e. The molecule has 0 unspecified atom stereocenters. The smallest absolute Gasteiger partial charge is 0.116 e. The summed E-state index contributed by atoms with van der Waals surface area (Å²) in [6, 6.07) is 11.1. The van der Waals surface area contributed by atoms with Gasteiger partial charge >= 0.3 is 0 Å². The molecule has 0 fully saturated rings. The molecule has 0 aliphatic rings. The number of hydrogen-bond acceptors (Lipinski definition) is 1. The van der Waals surface area contributed by atoms with E-state index in [0.717, 1.165) is 0 Å². The molecular formula is C11H19NSi. The van der Waals surface area contributed by atoms with Gasteiger partial charge in [0.25, 0.3) is 0 Å². The van der Waals surface area contributed by atoms with Gasteiger partial charge in [0, 0.05) is 6.04 Å². The van der Waals surface area contributed by atoms with Crippen LogP contribution in [0.4, 0.5) is 0 Å². The predicted octanol–water partition coefficient (Wildman–Crippen LogP) is 3.17. The van der Waals surface area contributed by atoms with Gasteiger partial charge in [-0.1, -0.05) is 50.0 Å². The fourth-order valence-electron chi connectivity index (χ4n) is 1.47. The maximum absolute atomic E-state index is 3.67. The van der Waals surface area contributed by atoms with Crippen LogP contribution in [0.2, 0.25) is 19.6 Å². The number of rotatable bonds is 3. The average molecular weight is 193 g/mol. The second-order valence-electron chi connectivity index (χ2n) is 4.53. The first-order chi connectivity index (χ1) is 5.99. The van der Waals surface area contributed by atoms with Gasteiger partial charge in [-0.2, -0.15) is 0 Å². The Kier molecular flexibility index (Phi) is 3.28. The molecule has 0 aliphatic heterocycles. The molecule has 0 heterocycles. The number of nitrogens with one attached hydrogen (secondary N) is 1. The Bertz CT molecular complexity index is 251. The highest BCUT2D eigenvalue weighted by molar-refractivity contribution is 6.73. The summed E-state index contributed by atoms with van der Waals surface area (Å²) in [5, 5.41) is 0. The molecule has 1 N–H and O–H groups in total. The number of hydrogen-bond donors (Lipinski definition) is 1. The van der Waals surface area contributed by atoms with Crippen LogP contribution in [0.15, 0.2) is 30.3 Å². The van der Waals surface area contributed by atoms with Gasteiger partial charge in [0.1, 0.15) is 8.24 Å². The van der Waals surface area contributed by atoms with E-state index in [4.69, 9.17) is 0 Å². The molecule has 1 nitrogen and oxygen atoms in total. The largest absolute Gasteiger partial charge is 0.331 e. The zero-order chi connectivity index (χ0) is 9.90. The van der Waals surface area contributed by atoms with E-state index in [1.54, 1.807) is 0 Å². The first kappa shape index (κ1) is 10.5. The molecule has 2 heteroatoms. The molecule has 72 valence electrons. The lowest BCUT2D eigenvalue weighted by molar-refractivity contribution is 0.718. The summed E-state index contributed by atoms with van der Waals surface area (Å²) in [7, 11) is -1.15. The summed E-state index contributed by atoms with van der Waals surface area (Å²) < 4.78 is 0. The van der Waals surface area contributed by atoms with Crippen LogP contribution >= 0.6 is 0 Å². The molecule has 0 bridgehead atoms. The molecule has 0 aliphatic carbocycles. The van der Waals surface area contributed by atoms with Crippen molar-refractivity contribution in [3.8, 4) is 0 Å². The van der Waals surface area contributed by atoms with E-state index in [-0.39, 0.29) is 0 Å². The highest BCUT2D eigenvalue weighted by atomic mass is 28.3. The lowest BCUT2D eigenvalue weighted by Gasteiger charge is -2.24. The van der Waals surface area contributed by atoms with Crippen LogP contribution in [0, 0.1) is 0 Å². The van der Waals surface area contributed by atoms with Gasteiger partial charge in [0.15, 0.2) is 0 Å². The second kappa shape index (κ2) is 4.07. The standard InChI is InChI=1S/C11H19NSi/c1-10(12-13(2,3)4)11-8-6-5-7-9-11/h5-10,12H,1-4H3/t10-/m0/s1. The summed E-state index contributed by atoms with van der Waals surface area (Å²) in [5.41, 5.74) is 1.38. The first-order valence-electron chi connectivity index (χ1n) is 4.82. The van der Waals surface area contributed by atoms with Crippen molar-refractivity contribution in [3.63, 3.8) is 0 Å². The summed E-state index contributed by atoms with van der Waals surface area (Å²) >= 11 is 0. The lowest BCUT2D eigenvalue weighted by Crippen LogP contribution is -2.42. The van der Waals surface area contributed by atoms with E-state index in [2.05, 4.69) is 61.9 Å². The average Bonchev–Trinajstić information content (AvgIpc) is 2.03. The van der Waals surface area contributed by atoms with Crippen molar-refractivity contribution in [2.75, 3.05) is 0 Å². The summed E-state index contributed by atoms with van der Waals surface area (Å²) in [6.07, 6.45) is 0. The molecule has 0 amide bonds. The third kappa shape index (κ3) is 3.74.